The van der Waals surface area contributed by atoms with E-state index in [1.54, 1.807) is 15.9 Å². The fourth-order valence-electron chi connectivity index (χ4n) is 5.99. The molecule has 3 aliphatic heterocycles. The van der Waals surface area contributed by atoms with Gasteiger partial charge in [-0.15, -0.1) is 18.3 Å². The summed E-state index contributed by atoms with van der Waals surface area (Å²) in [5.74, 6) is -2.95. The molecule has 0 saturated carbocycles. The Kier molecular flexibility index (Phi) is 7.11. The molecule has 2 amide bonds. The highest BCUT2D eigenvalue weighted by Gasteiger charge is 2.74. The summed E-state index contributed by atoms with van der Waals surface area (Å²) in [4.78, 5) is 43.3. The van der Waals surface area contributed by atoms with Gasteiger partial charge in [-0.05, 0) is 32.1 Å². The maximum atomic E-state index is 14.1. The van der Waals surface area contributed by atoms with Crippen LogP contribution in [0.4, 0.5) is 0 Å². The van der Waals surface area contributed by atoms with E-state index in [4.69, 9.17) is 0 Å². The van der Waals surface area contributed by atoms with Crippen LogP contribution in [0.15, 0.2) is 12.7 Å². The van der Waals surface area contributed by atoms with Crippen LogP contribution in [0.5, 0.6) is 0 Å². The molecule has 0 aromatic heterocycles. The van der Waals surface area contributed by atoms with E-state index >= 15 is 0 Å². The van der Waals surface area contributed by atoms with Gasteiger partial charge in [-0.1, -0.05) is 33.3 Å². The van der Waals surface area contributed by atoms with E-state index in [2.05, 4.69) is 13.5 Å². The third-order valence-electron chi connectivity index (χ3n) is 7.42. The normalized spacial score (nSPS) is 33.5. The lowest BCUT2D eigenvalue weighted by atomic mass is 9.71. The lowest BCUT2D eigenvalue weighted by Crippen LogP contribution is -2.59. The van der Waals surface area contributed by atoms with Gasteiger partial charge in [-0.2, -0.15) is 0 Å². The summed E-state index contributed by atoms with van der Waals surface area (Å²) in [7, 11) is 0. The van der Waals surface area contributed by atoms with Gasteiger partial charge in [-0.25, -0.2) is 0 Å². The summed E-state index contributed by atoms with van der Waals surface area (Å²) in [5, 5.41) is 19.9. The van der Waals surface area contributed by atoms with E-state index in [1.807, 2.05) is 20.8 Å². The number of carboxylic acid groups (broad SMARTS) is 1. The zero-order valence-electron chi connectivity index (χ0n) is 19.0. The fourth-order valence-corrected chi connectivity index (χ4v) is 8.18. The van der Waals surface area contributed by atoms with E-state index in [0.29, 0.717) is 19.4 Å². The molecule has 3 rings (SSSR count). The van der Waals surface area contributed by atoms with Crippen LogP contribution in [-0.2, 0) is 14.4 Å². The van der Waals surface area contributed by atoms with Gasteiger partial charge < -0.3 is 20.0 Å². The van der Waals surface area contributed by atoms with Crippen molar-refractivity contribution in [3.63, 3.8) is 0 Å². The van der Waals surface area contributed by atoms with E-state index in [-0.39, 0.29) is 35.6 Å². The molecule has 3 aliphatic rings. The summed E-state index contributed by atoms with van der Waals surface area (Å²) in [6.45, 7) is 11.8. The summed E-state index contributed by atoms with van der Waals surface area (Å²) in [5.41, 5.74) is 0. The molecule has 1 spiro atoms. The first-order valence-electron chi connectivity index (χ1n) is 11.4. The van der Waals surface area contributed by atoms with Crippen LogP contribution in [0.2, 0.25) is 0 Å². The fraction of sp³-hybridized carbons (Fsp3) is 0.783. The monoisotopic (exact) mass is 452 g/mol. The number of aliphatic hydroxyl groups is 1. The van der Waals surface area contributed by atoms with E-state index < -0.39 is 34.6 Å². The summed E-state index contributed by atoms with van der Waals surface area (Å²) >= 11 is 1.53. The molecule has 2 bridgehead atoms. The molecule has 3 unspecified atom stereocenters. The first kappa shape index (κ1) is 24.1. The van der Waals surface area contributed by atoms with E-state index in [1.165, 1.54) is 11.8 Å². The Bertz CT molecular complexity index is 743. The molecule has 8 heteroatoms. The minimum absolute atomic E-state index is 0.0200. The summed E-state index contributed by atoms with van der Waals surface area (Å²) in [6.07, 6.45) is 4.80. The minimum Gasteiger partial charge on any atom is -0.481 e. The van der Waals surface area contributed by atoms with Crippen molar-refractivity contribution in [2.75, 3.05) is 13.2 Å². The van der Waals surface area contributed by atoms with Crippen molar-refractivity contribution in [1.29, 1.82) is 0 Å². The van der Waals surface area contributed by atoms with Crippen LogP contribution in [0.3, 0.4) is 0 Å². The molecule has 7 atom stereocenters. The number of nitrogens with zero attached hydrogens (tertiary/aromatic N) is 2. The molecule has 0 radical (unpaired) electrons. The topological polar surface area (TPSA) is 98.2 Å². The van der Waals surface area contributed by atoms with Crippen molar-refractivity contribution in [3.8, 4) is 0 Å². The van der Waals surface area contributed by atoms with Gasteiger partial charge in [0.2, 0.25) is 11.8 Å². The molecule has 7 nitrogen and oxygen atoms in total. The number of hydrogen-bond donors (Lipinski definition) is 2. The van der Waals surface area contributed by atoms with Gasteiger partial charge in [0.05, 0.1) is 29.2 Å². The van der Waals surface area contributed by atoms with Crippen molar-refractivity contribution < 1.29 is 24.6 Å². The molecule has 0 aromatic carbocycles. The first-order valence-corrected chi connectivity index (χ1v) is 12.3. The second kappa shape index (κ2) is 9.14. The number of amides is 2. The van der Waals surface area contributed by atoms with Crippen molar-refractivity contribution in [2.45, 2.75) is 81.5 Å². The number of carbonyl (C=O) groups excluding carboxylic acids is 2. The van der Waals surface area contributed by atoms with Gasteiger partial charge >= 0.3 is 5.97 Å². The molecule has 31 heavy (non-hydrogen) atoms. The number of fused-ring (bicyclic) bond motifs is 1. The van der Waals surface area contributed by atoms with Crippen LogP contribution < -0.4 is 0 Å². The summed E-state index contributed by atoms with van der Waals surface area (Å²) in [6, 6.07) is -1.31. The zero-order chi connectivity index (χ0) is 23.1. The number of thioether (sulfide) groups is 1. The second-order valence-corrected chi connectivity index (χ2v) is 11.2. The van der Waals surface area contributed by atoms with Crippen molar-refractivity contribution >= 4 is 29.5 Å². The zero-order valence-corrected chi connectivity index (χ0v) is 19.8. The minimum atomic E-state index is -0.960. The molecule has 0 aromatic rings. The Morgan fingerprint density at radius 2 is 2.06 bits per heavy atom. The standard InChI is InChI=1S/C23H36N2O5S/c1-6-8-14(5)24(11-7-2)21(28)19-23-10-9-16(31-23)17(22(29)30)18(23)20(27)25(19)15(12-26)13(3)4/h7,13-19,26H,2,6,8-12H2,1,3-5H3,(H,29,30)/t14?,15-,16-,17+,18-,19?,23?/m0/s1. The molecule has 3 fully saturated rings. The van der Waals surface area contributed by atoms with Crippen LogP contribution in [0.1, 0.15) is 53.4 Å². The van der Waals surface area contributed by atoms with Crippen molar-refractivity contribution in [1.82, 2.24) is 9.80 Å². The highest BCUT2D eigenvalue weighted by molar-refractivity contribution is 8.02. The number of likely N-dealkylation sites (tertiary alicyclic amines) is 1. The molecule has 2 N–H and O–H groups in total. The lowest BCUT2D eigenvalue weighted by Gasteiger charge is -2.42. The molecule has 3 saturated heterocycles. The number of rotatable bonds is 10. The van der Waals surface area contributed by atoms with Gasteiger partial charge in [0.15, 0.2) is 0 Å². The van der Waals surface area contributed by atoms with E-state index in [0.717, 1.165) is 12.8 Å². The SMILES string of the molecule is C=CCN(C(=O)C1N([C@@H](CO)C(C)C)C(=O)[C@@H]2[C@H](C(=O)O)[C@@H]3CCC12S3)C(C)CCC. The lowest BCUT2D eigenvalue weighted by molar-refractivity contribution is -0.150. The Balaban J connectivity index is 2.11. The van der Waals surface area contributed by atoms with Gasteiger partial charge in [0.25, 0.3) is 0 Å². The maximum absolute atomic E-state index is 14.1. The molecule has 174 valence electrons. The van der Waals surface area contributed by atoms with Crippen LogP contribution in [0, 0.1) is 17.8 Å². The van der Waals surface area contributed by atoms with Crippen LogP contribution in [0.25, 0.3) is 0 Å². The Morgan fingerprint density at radius 3 is 2.58 bits per heavy atom. The van der Waals surface area contributed by atoms with Crippen LogP contribution in [-0.4, -0.2) is 79.1 Å². The maximum Gasteiger partial charge on any atom is 0.308 e. The number of aliphatic hydroxyl groups excluding tert-OH is 1. The van der Waals surface area contributed by atoms with Crippen LogP contribution >= 0.6 is 11.8 Å². The van der Waals surface area contributed by atoms with E-state index in [9.17, 15) is 24.6 Å². The van der Waals surface area contributed by atoms with Gasteiger partial charge in [0, 0.05) is 17.8 Å². The smallest absolute Gasteiger partial charge is 0.308 e. The molecule has 3 heterocycles. The quantitative estimate of drug-likeness (QED) is 0.494. The Labute approximate surface area is 189 Å². The average Bonchev–Trinajstić information content (AvgIpc) is 3.34. The number of carboxylic acids is 1. The third kappa shape index (κ3) is 3.69. The number of hydrogen-bond acceptors (Lipinski definition) is 5. The van der Waals surface area contributed by atoms with Gasteiger partial charge in [-0.3, -0.25) is 14.4 Å². The third-order valence-corrected chi connectivity index (χ3v) is 9.37. The highest BCUT2D eigenvalue weighted by Crippen LogP contribution is 2.66. The molecule has 0 aliphatic carbocycles. The Morgan fingerprint density at radius 1 is 1.39 bits per heavy atom. The number of carbonyl (C=O) groups is 3. The first-order chi connectivity index (χ1) is 14.7. The Hall–Kier alpha value is -1.54. The number of aliphatic carboxylic acids is 1. The van der Waals surface area contributed by atoms with Crippen molar-refractivity contribution in [3.05, 3.63) is 12.7 Å². The predicted molar refractivity (Wildman–Crippen MR) is 121 cm³/mol. The van der Waals surface area contributed by atoms with Crippen molar-refractivity contribution in [2.24, 2.45) is 17.8 Å². The predicted octanol–water partition coefficient (Wildman–Crippen LogP) is 2.38. The molecular weight excluding hydrogens is 416 g/mol. The average molecular weight is 453 g/mol. The second-order valence-electron chi connectivity index (χ2n) is 9.55. The van der Waals surface area contributed by atoms with Gasteiger partial charge in [0.1, 0.15) is 6.04 Å². The largest absolute Gasteiger partial charge is 0.481 e. The summed E-state index contributed by atoms with van der Waals surface area (Å²) < 4.78 is -0.741. The highest BCUT2D eigenvalue weighted by atomic mass is 32.2. The molecular formula is C23H36N2O5S.